The number of nitrogens with one attached hydrogen (secondary N) is 2. The van der Waals surface area contributed by atoms with Crippen LogP contribution in [0.4, 0.5) is 0 Å². The lowest BCUT2D eigenvalue weighted by molar-refractivity contribution is 0.287. The molecule has 194 valence electrons. The molecule has 8 heteroatoms. The van der Waals surface area contributed by atoms with Crippen LogP contribution in [0.15, 0.2) is 94.6 Å². The Kier molecular flexibility index (Phi) is 7.04. The zero-order chi connectivity index (χ0) is 26.6. The van der Waals surface area contributed by atoms with E-state index in [4.69, 9.17) is 9.47 Å². The summed E-state index contributed by atoms with van der Waals surface area (Å²) in [5, 5.41) is 6.30. The van der Waals surface area contributed by atoms with Crippen LogP contribution in [0.25, 0.3) is 11.4 Å². The van der Waals surface area contributed by atoms with Gasteiger partial charge in [-0.2, -0.15) is 0 Å². The standard InChI is InChI=1S/C30H30N4O4/c1-4-37-25-17-16-21(18-26(25)38-5-2)28(24-19-31-33(29(24)35)22-12-8-6-9-13-22)27-20(3)32-34(30(27)36)23-14-10-7-11-15-23/h6-19,28,31-32H,4-5H2,1-3H3. The summed E-state index contributed by atoms with van der Waals surface area (Å²) in [6.07, 6.45) is 1.68. The van der Waals surface area contributed by atoms with E-state index in [0.717, 1.165) is 5.56 Å². The lowest BCUT2D eigenvalue weighted by Gasteiger charge is -2.18. The molecule has 2 N–H and O–H groups in total. The van der Waals surface area contributed by atoms with E-state index < -0.39 is 5.92 Å². The van der Waals surface area contributed by atoms with Crippen molar-refractivity contribution in [1.82, 2.24) is 19.6 Å². The number of rotatable bonds is 9. The van der Waals surface area contributed by atoms with Crippen LogP contribution in [0.3, 0.4) is 0 Å². The Balaban J connectivity index is 1.74. The van der Waals surface area contributed by atoms with Crippen molar-refractivity contribution in [3.8, 4) is 22.9 Å². The molecular weight excluding hydrogens is 480 g/mol. The van der Waals surface area contributed by atoms with Crippen LogP contribution in [-0.4, -0.2) is 32.8 Å². The number of aromatic nitrogens is 4. The summed E-state index contributed by atoms with van der Waals surface area (Å²) in [6.45, 7) is 6.60. The van der Waals surface area contributed by atoms with Crippen molar-refractivity contribution in [3.63, 3.8) is 0 Å². The van der Waals surface area contributed by atoms with Gasteiger partial charge in [-0.3, -0.25) is 19.8 Å². The van der Waals surface area contributed by atoms with Crippen LogP contribution in [0.5, 0.6) is 11.5 Å². The highest BCUT2D eigenvalue weighted by atomic mass is 16.5. The topological polar surface area (TPSA) is 94.0 Å². The van der Waals surface area contributed by atoms with E-state index in [1.807, 2.05) is 99.6 Å². The van der Waals surface area contributed by atoms with Gasteiger partial charge in [-0.1, -0.05) is 42.5 Å². The summed E-state index contributed by atoms with van der Waals surface area (Å²) in [5.41, 5.74) is 3.29. The Labute approximate surface area is 220 Å². The predicted molar refractivity (Wildman–Crippen MR) is 147 cm³/mol. The van der Waals surface area contributed by atoms with Gasteiger partial charge in [0.25, 0.3) is 11.1 Å². The molecule has 2 heterocycles. The molecule has 38 heavy (non-hydrogen) atoms. The number of hydrogen-bond acceptors (Lipinski definition) is 4. The van der Waals surface area contributed by atoms with E-state index in [1.54, 1.807) is 6.20 Å². The van der Waals surface area contributed by atoms with Crippen LogP contribution >= 0.6 is 0 Å². The summed E-state index contributed by atoms with van der Waals surface area (Å²) < 4.78 is 14.6. The fraction of sp³-hybridized carbons (Fsp3) is 0.200. The molecule has 5 rings (SSSR count). The summed E-state index contributed by atoms with van der Waals surface area (Å²) >= 11 is 0. The molecule has 0 saturated heterocycles. The Bertz CT molecular complexity index is 1650. The number of aryl methyl sites for hydroxylation is 1. The molecule has 1 unspecified atom stereocenters. The summed E-state index contributed by atoms with van der Waals surface area (Å²) in [4.78, 5) is 27.7. The van der Waals surface area contributed by atoms with Gasteiger partial charge in [-0.25, -0.2) is 9.36 Å². The number of para-hydroxylation sites is 2. The van der Waals surface area contributed by atoms with Crippen molar-refractivity contribution in [2.75, 3.05) is 13.2 Å². The van der Waals surface area contributed by atoms with E-state index in [1.165, 1.54) is 9.36 Å². The molecule has 0 aliphatic heterocycles. The van der Waals surface area contributed by atoms with Crippen molar-refractivity contribution in [1.29, 1.82) is 0 Å². The number of ether oxygens (including phenoxy) is 2. The number of aromatic amines is 2. The molecule has 0 bridgehead atoms. The maximum Gasteiger partial charge on any atom is 0.275 e. The molecule has 0 aliphatic carbocycles. The fourth-order valence-corrected chi connectivity index (χ4v) is 4.77. The average molecular weight is 511 g/mol. The summed E-state index contributed by atoms with van der Waals surface area (Å²) in [7, 11) is 0. The van der Waals surface area contributed by atoms with Gasteiger partial charge in [0.05, 0.1) is 30.2 Å². The van der Waals surface area contributed by atoms with Gasteiger partial charge < -0.3 is 9.47 Å². The lowest BCUT2D eigenvalue weighted by Crippen LogP contribution is -2.25. The van der Waals surface area contributed by atoms with Crippen molar-refractivity contribution in [2.24, 2.45) is 0 Å². The predicted octanol–water partition coefficient (Wildman–Crippen LogP) is 4.93. The Morgan fingerprint density at radius 3 is 2.00 bits per heavy atom. The number of H-pyrrole nitrogens is 2. The molecule has 0 radical (unpaired) electrons. The van der Waals surface area contributed by atoms with Crippen molar-refractivity contribution in [3.05, 3.63) is 128 Å². The second kappa shape index (κ2) is 10.7. The Morgan fingerprint density at radius 1 is 0.763 bits per heavy atom. The molecule has 1 atom stereocenters. The van der Waals surface area contributed by atoms with Crippen LogP contribution in [0, 0.1) is 6.92 Å². The van der Waals surface area contributed by atoms with Crippen LogP contribution < -0.4 is 20.6 Å². The van der Waals surface area contributed by atoms with Crippen LogP contribution in [-0.2, 0) is 0 Å². The summed E-state index contributed by atoms with van der Waals surface area (Å²) in [6, 6.07) is 24.3. The summed E-state index contributed by atoms with van der Waals surface area (Å²) in [5.74, 6) is 0.514. The highest BCUT2D eigenvalue weighted by Gasteiger charge is 2.30. The minimum absolute atomic E-state index is 0.225. The third-order valence-electron chi connectivity index (χ3n) is 6.45. The first kappa shape index (κ1) is 25.0. The largest absolute Gasteiger partial charge is 0.490 e. The maximum absolute atomic E-state index is 13.9. The SMILES string of the molecule is CCOc1ccc(C(c2c[nH]n(-c3ccccc3)c2=O)c2c(C)[nH]n(-c3ccccc3)c2=O)cc1OCC. The van der Waals surface area contributed by atoms with E-state index >= 15 is 0 Å². The zero-order valence-electron chi connectivity index (χ0n) is 21.6. The number of benzene rings is 3. The molecule has 0 fully saturated rings. The third-order valence-corrected chi connectivity index (χ3v) is 6.45. The van der Waals surface area contributed by atoms with Crippen LogP contribution in [0.1, 0.15) is 42.1 Å². The molecule has 0 saturated carbocycles. The first-order chi connectivity index (χ1) is 18.5. The van der Waals surface area contributed by atoms with E-state index in [0.29, 0.717) is 52.9 Å². The molecule has 0 amide bonds. The molecule has 0 spiro atoms. The second-order valence-electron chi connectivity index (χ2n) is 8.84. The van der Waals surface area contributed by atoms with Gasteiger partial charge in [0.15, 0.2) is 11.5 Å². The molecular formula is C30H30N4O4. The minimum atomic E-state index is -0.660. The van der Waals surface area contributed by atoms with Gasteiger partial charge >= 0.3 is 0 Å². The van der Waals surface area contributed by atoms with Crippen molar-refractivity contribution in [2.45, 2.75) is 26.7 Å². The first-order valence-corrected chi connectivity index (χ1v) is 12.7. The van der Waals surface area contributed by atoms with Crippen molar-refractivity contribution < 1.29 is 9.47 Å². The molecule has 8 nitrogen and oxygen atoms in total. The monoisotopic (exact) mass is 510 g/mol. The third kappa shape index (κ3) is 4.56. The first-order valence-electron chi connectivity index (χ1n) is 12.7. The molecule has 3 aromatic carbocycles. The smallest absolute Gasteiger partial charge is 0.275 e. The fourth-order valence-electron chi connectivity index (χ4n) is 4.77. The quantitative estimate of drug-likeness (QED) is 0.294. The second-order valence-corrected chi connectivity index (χ2v) is 8.84. The van der Waals surface area contributed by atoms with E-state index in [9.17, 15) is 9.59 Å². The Hall–Kier alpha value is -4.72. The van der Waals surface area contributed by atoms with Crippen LogP contribution in [0.2, 0.25) is 0 Å². The van der Waals surface area contributed by atoms with Gasteiger partial charge in [-0.15, -0.1) is 0 Å². The number of nitrogens with zero attached hydrogens (tertiary/aromatic N) is 2. The van der Waals surface area contributed by atoms with Gasteiger partial charge in [0.2, 0.25) is 0 Å². The van der Waals surface area contributed by atoms with Gasteiger partial charge in [0.1, 0.15) is 0 Å². The highest BCUT2D eigenvalue weighted by Crippen LogP contribution is 2.36. The molecule has 2 aromatic heterocycles. The molecule has 0 aliphatic rings. The van der Waals surface area contributed by atoms with Gasteiger partial charge in [0, 0.05) is 23.4 Å². The minimum Gasteiger partial charge on any atom is -0.490 e. The molecule has 5 aromatic rings. The normalized spacial score (nSPS) is 11.9. The highest BCUT2D eigenvalue weighted by molar-refractivity contribution is 5.51. The lowest BCUT2D eigenvalue weighted by atomic mass is 9.86. The average Bonchev–Trinajstić information content (AvgIpc) is 3.46. The maximum atomic E-state index is 13.9. The van der Waals surface area contributed by atoms with Crippen molar-refractivity contribution >= 4 is 0 Å². The van der Waals surface area contributed by atoms with E-state index in [2.05, 4.69) is 10.2 Å². The van der Waals surface area contributed by atoms with Gasteiger partial charge in [-0.05, 0) is 62.7 Å². The zero-order valence-corrected chi connectivity index (χ0v) is 21.6. The number of hydrogen-bond donors (Lipinski definition) is 2. The Morgan fingerprint density at radius 2 is 1.37 bits per heavy atom. The van der Waals surface area contributed by atoms with E-state index in [-0.39, 0.29) is 11.1 Å².